The highest BCUT2D eigenvalue weighted by Crippen LogP contribution is 2.21. The molecule has 0 aliphatic carbocycles. The standard InChI is InChI=1S/C89H173NO5/c1-3-5-7-9-11-13-15-17-19-20-21-22-23-41-44-47-50-54-57-61-65-69-73-77-81-87(92)86(85-91)90-88(93)82-78-74-70-66-62-58-55-51-48-45-42-39-37-35-33-31-29-27-25-24-26-28-30-32-34-36-38-40-43-46-49-52-56-60-64-68-72-76-80-84-95-89(94)83-79-75-71-67-63-59-53-18-16-14-12-10-8-6-4-2/h18,24-25,53,86-87,91-92H,3-17,19-23,26-52,54-85H2,1-2H3,(H,90,93)/b25-24-,53-18-. The fourth-order valence-corrected chi connectivity index (χ4v) is 14.3. The second kappa shape index (κ2) is 84.8. The SMILES string of the molecule is CCCCCCCC/C=C\CCCCCCCC(=O)OCCCCCCCCCCCCCCCCCCCC/C=C\CCCCCCCCCCCCCCCCCCCC(=O)NC(CO)C(O)CCCCCCCCCCCCCCCCCCCCCCCCCC. The van der Waals surface area contributed by atoms with Gasteiger partial charge < -0.3 is 20.3 Å². The zero-order valence-corrected chi connectivity index (χ0v) is 64.9. The summed E-state index contributed by atoms with van der Waals surface area (Å²) in [5.41, 5.74) is 0. The number of nitrogens with one attached hydrogen (secondary N) is 1. The molecule has 0 aromatic rings. The van der Waals surface area contributed by atoms with Crippen LogP contribution in [0.15, 0.2) is 24.3 Å². The summed E-state index contributed by atoms with van der Waals surface area (Å²) < 4.78 is 5.50. The summed E-state index contributed by atoms with van der Waals surface area (Å²) in [5.74, 6) is -0.00853. The minimum absolute atomic E-state index is 0.0157. The van der Waals surface area contributed by atoms with E-state index in [2.05, 4.69) is 43.5 Å². The highest BCUT2D eigenvalue weighted by atomic mass is 16.5. The Morgan fingerprint density at radius 2 is 0.495 bits per heavy atom. The largest absolute Gasteiger partial charge is 0.466 e. The average molecular weight is 1340 g/mol. The molecule has 0 fully saturated rings. The predicted molar refractivity (Wildman–Crippen MR) is 421 cm³/mol. The Morgan fingerprint density at radius 3 is 0.747 bits per heavy atom. The molecule has 3 N–H and O–H groups in total. The number of hydrogen-bond donors (Lipinski definition) is 3. The first kappa shape index (κ1) is 93.3. The predicted octanol–water partition coefficient (Wildman–Crippen LogP) is 29.6. The van der Waals surface area contributed by atoms with Gasteiger partial charge in [-0.2, -0.15) is 0 Å². The zero-order valence-electron chi connectivity index (χ0n) is 64.9. The average Bonchev–Trinajstić information content (AvgIpc) is 2.95. The molecule has 95 heavy (non-hydrogen) atoms. The first-order chi connectivity index (χ1) is 47.0. The normalized spacial score (nSPS) is 12.5. The zero-order chi connectivity index (χ0) is 68.4. The Morgan fingerprint density at radius 1 is 0.284 bits per heavy atom. The van der Waals surface area contributed by atoms with Crippen molar-refractivity contribution in [2.75, 3.05) is 13.2 Å². The molecule has 564 valence electrons. The Kier molecular flexibility index (Phi) is 83.3. The van der Waals surface area contributed by atoms with Gasteiger partial charge in [0.1, 0.15) is 0 Å². The Hall–Kier alpha value is -1.66. The van der Waals surface area contributed by atoms with Crippen LogP contribution in [-0.2, 0) is 14.3 Å². The van der Waals surface area contributed by atoms with E-state index in [9.17, 15) is 19.8 Å². The van der Waals surface area contributed by atoms with Gasteiger partial charge in [0.2, 0.25) is 5.91 Å². The molecule has 6 heteroatoms. The van der Waals surface area contributed by atoms with Crippen LogP contribution < -0.4 is 5.32 Å². The monoisotopic (exact) mass is 1340 g/mol. The second-order valence-electron chi connectivity index (χ2n) is 30.6. The minimum Gasteiger partial charge on any atom is -0.466 e. The van der Waals surface area contributed by atoms with Crippen LogP contribution in [0.4, 0.5) is 0 Å². The van der Waals surface area contributed by atoms with Crippen LogP contribution in [0.5, 0.6) is 0 Å². The third kappa shape index (κ3) is 81.2. The smallest absolute Gasteiger partial charge is 0.305 e. The number of hydrogen-bond acceptors (Lipinski definition) is 5. The van der Waals surface area contributed by atoms with Gasteiger partial charge in [-0.1, -0.05) is 443 Å². The van der Waals surface area contributed by atoms with Gasteiger partial charge in [-0.3, -0.25) is 9.59 Å². The van der Waals surface area contributed by atoms with Crippen molar-refractivity contribution in [1.82, 2.24) is 5.32 Å². The van der Waals surface area contributed by atoms with Crippen LogP contribution in [-0.4, -0.2) is 47.4 Å². The molecule has 0 aliphatic rings. The molecule has 0 rings (SSSR count). The van der Waals surface area contributed by atoms with E-state index < -0.39 is 12.1 Å². The number of carbonyl (C=O) groups excluding carboxylic acids is 2. The number of aliphatic hydroxyl groups excluding tert-OH is 2. The molecule has 2 atom stereocenters. The maximum Gasteiger partial charge on any atom is 0.305 e. The molecule has 0 aromatic carbocycles. The lowest BCUT2D eigenvalue weighted by molar-refractivity contribution is -0.143. The van der Waals surface area contributed by atoms with Crippen molar-refractivity contribution < 1.29 is 24.5 Å². The number of aliphatic hydroxyl groups is 2. The molecule has 0 saturated heterocycles. The summed E-state index contributed by atoms with van der Waals surface area (Å²) in [6.07, 6.45) is 110. The van der Waals surface area contributed by atoms with Crippen LogP contribution in [0.3, 0.4) is 0 Å². The van der Waals surface area contributed by atoms with E-state index in [-0.39, 0.29) is 18.5 Å². The molecule has 0 heterocycles. The van der Waals surface area contributed by atoms with Crippen molar-refractivity contribution in [2.24, 2.45) is 0 Å². The van der Waals surface area contributed by atoms with Crippen LogP contribution in [0.25, 0.3) is 0 Å². The van der Waals surface area contributed by atoms with Crippen molar-refractivity contribution in [1.29, 1.82) is 0 Å². The molecule has 2 unspecified atom stereocenters. The summed E-state index contributed by atoms with van der Waals surface area (Å²) in [6.45, 7) is 5.01. The van der Waals surface area contributed by atoms with E-state index in [4.69, 9.17) is 4.74 Å². The highest BCUT2D eigenvalue weighted by Gasteiger charge is 2.20. The third-order valence-electron chi connectivity index (χ3n) is 21.0. The van der Waals surface area contributed by atoms with Crippen molar-refractivity contribution in [3.63, 3.8) is 0 Å². The molecule has 0 aromatic heterocycles. The molecular formula is C89H173NO5. The number of allylic oxidation sites excluding steroid dienone is 4. The first-order valence-electron chi connectivity index (χ1n) is 44.1. The number of rotatable bonds is 84. The van der Waals surface area contributed by atoms with Crippen molar-refractivity contribution >= 4 is 11.9 Å². The number of amides is 1. The molecule has 1 amide bonds. The highest BCUT2D eigenvalue weighted by molar-refractivity contribution is 5.76. The molecule has 0 bridgehead atoms. The quantitative estimate of drug-likeness (QED) is 0.0320. The van der Waals surface area contributed by atoms with Crippen LogP contribution in [0.1, 0.15) is 508 Å². The number of unbranched alkanes of at least 4 members (excludes halogenated alkanes) is 69. The summed E-state index contributed by atoms with van der Waals surface area (Å²) in [4.78, 5) is 24.7. The fraction of sp³-hybridized carbons (Fsp3) is 0.933. The van der Waals surface area contributed by atoms with E-state index >= 15 is 0 Å². The third-order valence-corrected chi connectivity index (χ3v) is 21.0. The van der Waals surface area contributed by atoms with Crippen LogP contribution in [0.2, 0.25) is 0 Å². The summed E-state index contributed by atoms with van der Waals surface area (Å²) in [6, 6.07) is -0.539. The van der Waals surface area contributed by atoms with Crippen LogP contribution >= 0.6 is 0 Å². The van der Waals surface area contributed by atoms with Gasteiger partial charge in [0.15, 0.2) is 0 Å². The molecule has 6 nitrogen and oxygen atoms in total. The summed E-state index contributed by atoms with van der Waals surface area (Å²) in [7, 11) is 0. The molecule has 0 aliphatic heterocycles. The second-order valence-corrected chi connectivity index (χ2v) is 30.6. The Balaban J connectivity index is 3.33. The molecule has 0 saturated carbocycles. The Labute approximate surface area is 596 Å². The lowest BCUT2D eigenvalue weighted by atomic mass is 10.0. The van der Waals surface area contributed by atoms with Gasteiger partial charge >= 0.3 is 5.97 Å². The summed E-state index contributed by atoms with van der Waals surface area (Å²) >= 11 is 0. The topological polar surface area (TPSA) is 95.9 Å². The fourth-order valence-electron chi connectivity index (χ4n) is 14.3. The van der Waals surface area contributed by atoms with Gasteiger partial charge in [0.05, 0.1) is 25.4 Å². The van der Waals surface area contributed by atoms with E-state index in [1.54, 1.807) is 0 Å². The van der Waals surface area contributed by atoms with E-state index in [0.717, 1.165) is 44.9 Å². The van der Waals surface area contributed by atoms with Gasteiger partial charge in [0, 0.05) is 12.8 Å². The van der Waals surface area contributed by atoms with Crippen molar-refractivity contribution in [2.45, 2.75) is 520 Å². The van der Waals surface area contributed by atoms with Crippen molar-refractivity contribution in [3.05, 3.63) is 24.3 Å². The summed E-state index contributed by atoms with van der Waals surface area (Å²) in [5, 5.41) is 23.5. The lowest BCUT2D eigenvalue weighted by Gasteiger charge is -2.22. The van der Waals surface area contributed by atoms with Crippen LogP contribution in [0, 0.1) is 0 Å². The lowest BCUT2D eigenvalue weighted by Crippen LogP contribution is -2.45. The van der Waals surface area contributed by atoms with E-state index in [1.807, 2.05) is 0 Å². The number of carbonyl (C=O) groups is 2. The molecule has 0 spiro atoms. The molecular weight excluding hydrogens is 1160 g/mol. The van der Waals surface area contributed by atoms with E-state index in [0.29, 0.717) is 25.9 Å². The van der Waals surface area contributed by atoms with Gasteiger partial charge in [-0.25, -0.2) is 0 Å². The maximum absolute atomic E-state index is 12.6. The van der Waals surface area contributed by atoms with Gasteiger partial charge in [0.25, 0.3) is 0 Å². The van der Waals surface area contributed by atoms with E-state index in [1.165, 1.54) is 430 Å². The Bertz CT molecular complexity index is 1500. The number of esters is 1. The number of ether oxygens (including phenoxy) is 1. The minimum atomic E-state index is -0.663. The first-order valence-corrected chi connectivity index (χ1v) is 44.1. The maximum atomic E-state index is 12.6. The van der Waals surface area contributed by atoms with Gasteiger partial charge in [-0.05, 0) is 77.0 Å². The van der Waals surface area contributed by atoms with Crippen molar-refractivity contribution in [3.8, 4) is 0 Å². The van der Waals surface area contributed by atoms with Gasteiger partial charge in [-0.15, -0.1) is 0 Å². The molecule has 0 radical (unpaired) electrons.